The van der Waals surface area contributed by atoms with Crippen LogP contribution in [0.25, 0.3) is 0 Å². The molecule has 1 spiro atoms. The van der Waals surface area contributed by atoms with Gasteiger partial charge in [0.05, 0.1) is 5.02 Å². The largest absolute Gasteiger partial charge is 0.325 e. The fourth-order valence-corrected chi connectivity index (χ4v) is 6.18. The van der Waals surface area contributed by atoms with Crippen LogP contribution < -0.4 is 0 Å². The monoisotopic (exact) mass is 468 g/mol. The molecule has 2 amide bonds. The van der Waals surface area contributed by atoms with Crippen molar-refractivity contribution >= 4 is 17.6 Å². The lowest BCUT2D eigenvalue weighted by Gasteiger charge is -2.54. The van der Waals surface area contributed by atoms with Crippen LogP contribution in [0.3, 0.4) is 0 Å². The van der Waals surface area contributed by atoms with Gasteiger partial charge < -0.3 is 9.80 Å². The molecule has 7 nitrogen and oxygen atoms in total. The molecule has 8 heteroatoms. The molecule has 2 aliphatic carbocycles. The van der Waals surface area contributed by atoms with Gasteiger partial charge in [-0.15, -0.1) is 0 Å². The quantitative estimate of drug-likeness (QED) is 0.701. The maximum Gasteiger partial charge on any atom is 0.320 e. The van der Waals surface area contributed by atoms with Crippen LogP contribution in [0.2, 0.25) is 5.02 Å². The molecule has 0 radical (unpaired) electrons. The number of rotatable bonds is 4. The highest BCUT2D eigenvalue weighted by atomic mass is 35.5. The molecule has 4 fully saturated rings. The molecule has 1 N–H and O–H groups in total. The Balaban J connectivity index is 0.948. The van der Waals surface area contributed by atoms with Crippen molar-refractivity contribution in [3.05, 3.63) is 40.7 Å². The van der Waals surface area contributed by atoms with Gasteiger partial charge in [0.15, 0.2) is 5.82 Å². The van der Waals surface area contributed by atoms with Crippen LogP contribution in [0.5, 0.6) is 0 Å². The first kappa shape index (κ1) is 21.4. The van der Waals surface area contributed by atoms with E-state index < -0.39 is 0 Å². The summed E-state index contributed by atoms with van der Waals surface area (Å²) in [6, 6.07) is 4.22. The summed E-state index contributed by atoms with van der Waals surface area (Å²) in [6.07, 6.45) is 12.1. The summed E-state index contributed by atoms with van der Waals surface area (Å²) in [5, 5.41) is 8.27. The summed E-state index contributed by atoms with van der Waals surface area (Å²) >= 11 is 5.96. The van der Waals surface area contributed by atoms with Gasteiger partial charge in [0.2, 0.25) is 0 Å². The number of nitrogens with zero attached hydrogens (tertiary/aromatic N) is 5. The Morgan fingerprint density at radius 2 is 1.79 bits per heavy atom. The van der Waals surface area contributed by atoms with E-state index in [2.05, 4.69) is 25.0 Å². The molecular formula is C25H33ClN6O. The number of halogens is 1. The van der Waals surface area contributed by atoms with Crippen LogP contribution in [0, 0.1) is 11.3 Å². The Bertz CT molecular complexity index is 979. The molecule has 4 heterocycles. The Morgan fingerprint density at radius 1 is 1.03 bits per heavy atom. The number of aromatic amines is 1. The minimum Gasteiger partial charge on any atom is -0.325 e. The third-order valence-corrected chi connectivity index (χ3v) is 8.61. The van der Waals surface area contributed by atoms with Gasteiger partial charge >= 0.3 is 6.03 Å². The standard InChI is InChI=1S/C25H33ClN6O/c26-20-3-4-21(27-14-20)13-17-5-9-25(10-6-17)15-32(16-25)24(33)31-11-7-19(8-12-31)23-28-22(29-30-23)18-1-2-18/h3-4,14,17-19H,1-2,5-13,15-16H2,(H,28,29,30). The van der Waals surface area contributed by atoms with E-state index in [0.717, 1.165) is 62.8 Å². The van der Waals surface area contributed by atoms with Crippen LogP contribution in [0.1, 0.15) is 80.5 Å². The molecule has 176 valence electrons. The van der Waals surface area contributed by atoms with Crippen molar-refractivity contribution in [3.63, 3.8) is 0 Å². The molecule has 2 saturated carbocycles. The van der Waals surface area contributed by atoms with Crippen LogP contribution >= 0.6 is 11.6 Å². The van der Waals surface area contributed by atoms with Crippen molar-refractivity contribution in [1.29, 1.82) is 0 Å². The third-order valence-electron chi connectivity index (χ3n) is 8.39. The Labute approximate surface area is 200 Å². The highest BCUT2D eigenvalue weighted by Crippen LogP contribution is 2.46. The predicted molar refractivity (Wildman–Crippen MR) is 126 cm³/mol. The van der Waals surface area contributed by atoms with E-state index in [9.17, 15) is 4.79 Å². The average molecular weight is 469 g/mol. The SMILES string of the molecule is O=C(N1CCC(c2nc(C3CC3)n[nH]2)CC1)N1CC2(CCC(Cc3ccc(Cl)cn3)CC2)C1. The fourth-order valence-electron chi connectivity index (χ4n) is 6.07. The van der Waals surface area contributed by atoms with E-state index >= 15 is 0 Å². The van der Waals surface area contributed by atoms with Gasteiger partial charge in [0, 0.05) is 55.3 Å². The fraction of sp³-hybridized carbons (Fsp3) is 0.680. The number of H-pyrrole nitrogens is 1. The number of piperidine rings is 1. The van der Waals surface area contributed by atoms with E-state index in [4.69, 9.17) is 16.6 Å². The number of hydrogen-bond acceptors (Lipinski definition) is 4. The first-order valence-corrected chi connectivity index (χ1v) is 13.0. The number of pyridine rings is 1. The highest BCUT2D eigenvalue weighted by Gasteiger charge is 2.48. The van der Waals surface area contributed by atoms with Crippen LogP contribution in [0.15, 0.2) is 18.3 Å². The zero-order valence-corrected chi connectivity index (χ0v) is 19.9. The minimum absolute atomic E-state index is 0.239. The summed E-state index contributed by atoms with van der Waals surface area (Å²) in [5.41, 5.74) is 1.50. The molecular weight excluding hydrogens is 436 g/mol. The summed E-state index contributed by atoms with van der Waals surface area (Å²) in [6.45, 7) is 3.51. The molecule has 0 aromatic carbocycles. The van der Waals surface area contributed by atoms with Gasteiger partial charge in [-0.25, -0.2) is 9.78 Å². The van der Waals surface area contributed by atoms with Crippen molar-refractivity contribution in [2.45, 2.75) is 69.6 Å². The molecule has 0 atom stereocenters. The predicted octanol–water partition coefficient (Wildman–Crippen LogP) is 4.76. The van der Waals surface area contributed by atoms with Crippen molar-refractivity contribution in [2.75, 3.05) is 26.2 Å². The first-order valence-electron chi connectivity index (χ1n) is 12.6. The molecule has 33 heavy (non-hydrogen) atoms. The second-order valence-electron chi connectivity index (χ2n) is 10.9. The Kier molecular flexibility index (Phi) is 5.55. The van der Waals surface area contributed by atoms with Gasteiger partial charge in [-0.05, 0) is 75.8 Å². The van der Waals surface area contributed by atoms with Gasteiger partial charge in [0.1, 0.15) is 5.82 Å². The zero-order valence-electron chi connectivity index (χ0n) is 19.2. The normalized spacial score (nSPS) is 23.7. The number of carbonyl (C=O) groups is 1. The topological polar surface area (TPSA) is 78.0 Å². The lowest BCUT2D eigenvalue weighted by molar-refractivity contribution is -0.0219. The summed E-state index contributed by atoms with van der Waals surface area (Å²) in [7, 11) is 0. The van der Waals surface area contributed by atoms with E-state index in [1.165, 1.54) is 38.5 Å². The summed E-state index contributed by atoms with van der Waals surface area (Å²) in [4.78, 5) is 26.4. The van der Waals surface area contributed by atoms with Gasteiger partial charge in [-0.3, -0.25) is 10.1 Å². The maximum atomic E-state index is 13.1. The second kappa shape index (κ2) is 8.57. The molecule has 2 saturated heterocycles. The smallest absolute Gasteiger partial charge is 0.320 e. The van der Waals surface area contributed by atoms with Crippen molar-refractivity contribution < 1.29 is 4.79 Å². The molecule has 0 unspecified atom stereocenters. The minimum atomic E-state index is 0.239. The number of likely N-dealkylation sites (tertiary alicyclic amines) is 2. The highest BCUT2D eigenvalue weighted by molar-refractivity contribution is 6.30. The number of nitrogens with one attached hydrogen (secondary N) is 1. The van der Waals surface area contributed by atoms with E-state index in [0.29, 0.717) is 28.2 Å². The lowest BCUT2D eigenvalue weighted by Crippen LogP contribution is -2.62. The second-order valence-corrected chi connectivity index (χ2v) is 11.3. The molecule has 2 aromatic heterocycles. The Hall–Kier alpha value is -2.15. The maximum absolute atomic E-state index is 13.1. The number of carbonyl (C=O) groups excluding carboxylic acids is 1. The average Bonchev–Trinajstić information content (AvgIpc) is 3.56. The van der Waals surface area contributed by atoms with Crippen LogP contribution in [-0.2, 0) is 6.42 Å². The number of urea groups is 1. The van der Waals surface area contributed by atoms with E-state index in [1.807, 2.05) is 12.1 Å². The van der Waals surface area contributed by atoms with Crippen LogP contribution in [0.4, 0.5) is 4.79 Å². The van der Waals surface area contributed by atoms with Crippen molar-refractivity contribution in [1.82, 2.24) is 30.0 Å². The van der Waals surface area contributed by atoms with Gasteiger partial charge in [-0.2, -0.15) is 5.10 Å². The lowest BCUT2D eigenvalue weighted by atomic mass is 9.65. The van der Waals surface area contributed by atoms with Crippen LogP contribution in [-0.4, -0.2) is 62.2 Å². The van der Waals surface area contributed by atoms with Gasteiger partial charge in [0.25, 0.3) is 0 Å². The van der Waals surface area contributed by atoms with Gasteiger partial charge in [-0.1, -0.05) is 11.6 Å². The van der Waals surface area contributed by atoms with E-state index in [-0.39, 0.29) is 6.03 Å². The number of amides is 2. The molecule has 2 aromatic rings. The zero-order chi connectivity index (χ0) is 22.4. The summed E-state index contributed by atoms with van der Waals surface area (Å²) < 4.78 is 0. The molecule has 0 bridgehead atoms. The Morgan fingerprint density at radius 3 is 2.45 bits per heavy atom. The first-order chi connectivity index (χ1) is 16.1. The van der Waals surface area contributed by atoms with Crippen molar-refractivity contribution in [3.8, 4) is 0 Å². The van der Waals surface area contributed by atoms with E-state index in [1.54, 1.807) is 6.20 Å². The molecule has 4 aliphatic rings. The molecule has 6 rings (SSSR count). The van der Waals surface area contributed by atoms with Crippen molar-refractivity contribution in [2.24, 2.45) is 11.3 Å². The summed E-state index contributed by atoms with van der Waals surface area (Å²) in [5.74, 6) is 3.71. The number of aromatic nitrogens is 4. The third kappa shape index (κ3) is 4.48. The number of hydrogen-bond donors (Lipinski definition) is 1. The molecule has 2 aliphatic heterocycles.